The highest BCUT2D eigenvalue weighted by molar-refractivity contribution is 5.99. The van der Waals surface area contributed by atoms with Crippen molar-refractivity contribution >= 4 is 11.8 Å². The molecule has 0 amide bonds. The average Bonchev–Trinajstić information content (AvgIpc) is 2.35. The van der Waals surface area contributed by atoms with Gasteiger partial charge in [0.15, 0.2) is 5.78 Å². The van der Waals surface area contributed by atoms with Crippen LogP contribution in [0.15, 0.2) is 30.3 Å². The lowest BCUT2D eigenvalue weighted by atomic mass is 10.1. The number of esters is 1. The van der Waals surface area contributed by atoms with Crippen LogP contribution in [0.5, 0.6) is 5.75 Å². The van der Waals surface area contributed by atoms with Gasteiger partial charge in [0.25, 0.3) is 0 Å². The Hall–Kier alpha value is -1.84. The average molecular weight is 222 g/mol. The van der Waals surface area contributed by atoms with Gasteiger partial charge in [0.2, 0.25) is 0 Å². The zero-order valence-corrected chi connectivity index (χ0v) is 9.30. The molecular formula is C12H14O4. The van der Waals surface area contributed by atoms with E-state index in [0.29, 0.717) is 5.75 Å². The fourth-order valence-electron chi connectivity index (χ4n) is 1.10. The number of carbonyl (C=O) groups excluding carboxylic acids is 2. The molecule has 1 rings (SSSR count). The van der Waals surface area contributed by atoms with Crippen LogP contribution >= 0.6 is 0 Å². The van der Waals surface area contributed by atoms with Crippen molar-refractivity contribution in [1.82, 2.24) is 0 Å². The van der Waals surface area contributed by atoms with Crippen LogP contribution < -0.4 is 4.74 Å². The van der Waals surface area contributed by atoms with Gasteiger partial charge < -0.3 is 9.47 Å². The summed E-state index contributed by atoms with van der Waals surface area (Å²) < 4.78 is 9.70. The third kappa shape index (κ3) is 3.38. The minimum absolute atomic E-state index is 0.125. The normalized spacial score (nSPS) is 11.6. The third-order valence-corrected chi connectivity index (χ3v) is 2.16. The molecule has 0 spiro atoms. The van der Waals surface area contributed by atoms with Crippen LogP contribution in [0.25, 0.3) is 0 Å². The molecule has 4 nitrogen and oxygen atoms in total. The minimum atomic E-state index is -0.784. The molecule has 0 saturated carbocycles. The largest absolute Gasteiger partial charge is 0.486 e. The topological polar surface area (TPSA) is 52.6 Å². The SMILES string of the molecule is COC(=O)C(C)C(=O)COc1ccccc1. The summed E-state index contributed by atoms with van der Waals surface area (Å²) in [5.74, 6) is -1.01. The number of carbonyl (C=O) groups is 2. The van der Waals surface area contributed by atoms with Crippen molar-refractivity contribution in [3.8, 4) is 5.75 Å². The van der Waals surface area contributed by atoms with Crippen molar-refractivity contribution in [3.63, 3.8) is 0 Å². The molecule has 4 heteroatoms. The molecule has 0 aliphatic carbocycles. The first kappa shape index (κ1) is 12.2. The Bertz CT molecular complexity index is 359. The fraction of sp³-hybridized carbons (Fsp3) is 0.333. The van der Waals surface area contributed by atoms with Crippen LogP contribution in [0.2, 0.25) is 0 Å². The van der Waals surface area contributed by atoms with E-state index in [1.54, 1.807) is 12.1 Å². The lowest BCUT2D eigenvalue weighted by Crippen LogP contribution is -2.26. The van der Waals surface area contributed by atoms with E-state index in [1.807, 2.05) is 18.2 Å². The lowest BCUT2D eigenvalue weighted by Gasteiger charge is -2.09. The molecule has 0 aliphatic heterocycles. The van der Waals surface area contributed by atoms with Crippen LogP contribution in [-0.2, 0) is 14.3 Å². The number of hydrogen-bond acceptors (Lipinski definition) is 4. The number of ketones is 1. The Morgan fingerprint density at radius 2 is 1.88 bits per heavy atom. The van der Waals surface area contributed by atoms with E-state index in [-0.39, 0.29) is 12.4 Å². The predicted molar refractivity (Wildman–Crippen MR) is 58.1 cm³/mol. The van der Waals surface area contributed by atoms with Crippen molar-refractivity contribution < 1.29 is 19.1 Å². The first-order valence-corrected chi connectivity index (χ1v) is 4.93. The maximum atomic E-state index is 11.5. The summed E-state index contributed by atoms with van der Waals surface area (Å²) in [6.45, 7) is 1.38. The molecular weight excluding hydrogens is 208 g/mol. The molecule has 1 aromatic carbocycles. The van der Waals surface area contributed by atoms with Gasteiger partial charge >= 0.3 is 5.97 Å². The van der Waals surface area contributed by atoms with Gasteiger partial charge in [0.1, 0.15) is 18.3 Å². The molecule has 86 valence electrons. The summed E-state index contributed by atoms with van der Waals surface area (Å²) in [6, 6.07) is 8.96. The molecule has 0 aliphatic rings. The maximum absolute atomic E-state index is 11.5. The summed E-state index contributed by atoms with van der Waals surface area (Å²) in [7, 11) is 1.25. The summed E-state index contributed by atoms with van der Waals surface area (Å²) >= 11 is 0. The van der Waals surface area contributed by atoms with Gasteiger partial charge in [0.05, 0.1) is 7.11 Å². The highest BCUT2D eigenvalue weighted by atomic mass is 16.5. The lowest BCUT2D eigenvalue weighted by molar-refractivity contribution is -0.149. The molecule has 0 bridgehead atoms. The molecule has 1 atom stereocenters. The fourth-order valence-corrected chi connectivity index (χ4v) is 1.10. The van der Waals surface area contributed by atoms with Crippen LogP contribution in [0.4, 0.5) is 0 Å². The van der Waals surface area contributed by atoms with Crippen LogP contribution in [0.1, 0.15) is 6.92 Å². The molecule has 0 fully saturated rings. The molecule has 16 heavy (non-hydrogen) atoms. The van der Waals surface area contributed by atoms with Crippen molar-refractivity contribution in [1.29, 1.82) is 0 Å². The van der Waals surface area contributed by atoms with E-state index < -0.39 is 11.9 Å². The van der Waals surface area contributed by atoms with E-state index in [1.165, 1.54) is 14.0 Å². The van der Waals surface area contributed by atoms with Crippen molar-refractivity contribution in [2.75, 3.05) is 13.7 Å². The standard InChI is InChI=1S/C12H14O4/c1-9(12(14)15-2)11(13)8-16-10-6-4-3-5-7-10/h3-7,9H,8H2,1-2H3. The number of para-hydroxylation sites is 1. The summed E-state index contributed by atoms with van der Waals surface area (Å²) in [4.78, 5) is 22.6. The second-order valence-corrected chi connectivity index (χ2v) is 3.31. The Balaban J connectivity index is 2.44. The van der Waals surface area contributed by atoms with Gasteiger partial charge in [-0.25, -0.2) is 0 Å². The third-order valence-electron chi connectivity index (χ3n) is 2.16. The Kier molecular flexibility index (Phi) is 4.51. The zero-order valence-electron chi connectivity index (χ0n) is 9.30. The molecule has 0 radical (unpaired) electrons. The van der Waals surface area contributed by atoms with Crippen LogP contribution in [-0.4, -0.2) is 25.5 Å². The van der Waals surface area contributed by atoms with Crippen molar-refractivity contribution in [2.24, 2.45) is 5.92 Å². The highest BCUT2D eigenvalue weighted by Gasteiger charge is 2.22. The molecule has 1 unspecified atom stereocenters. The van der Waals surface area contributed by atoms with Crippen molar-refractivity contribution in [2.45, 2.75) is 6.92 Å². The van der Waals surface area contributed by atoms with Gasteiger partial charge in [-0.05, 0) is 19.1 Å². The molecule has 0 heterocycles. The quantitative estimate of drug-likeness (QED) is 0.559. The van der Waals surface area contributed by atoms with Crippen LogP contribution in [0.3, 0.4) is 0 Å². The Labute approximate surface area is 94.2 Å². The predicted octanol–water partition coefficient (Wildman–Crippen LogP) is 1.44. The summed E-state index contributed by atoms with van der Waals surface area (Å²) in [6.07, 6.45) is 0. The number of hydrogen-bond donors (Lipinski definition) is 0. The number of rotatable bonds is 5. The van der Waals surface area contributed by atoms with E-state index >= 15 is 0 Å². The summed E-state index contributed by atoms with van der Waals surface area (Å²) in [5.41, 5.74) is 0. The second kappa shape index (κ2) is 5.90. The van der Waals surface area contributed by atoms with Crippen LogP contribution in [0, 0.1) is 5.92 Å². The van der Waals surface area contributed by atoms with Gasteiger partial charge in [-0.2, -0.15) is 0 Å². The Morgan fingerprint density at radius 3 is 2.44 bits per heavy atom. The van der Waals surface area contributed by atoms with E-state index in [4.69, 9.17) is 4.74 Å². The molecule has 0 N–H and O–H groups in total. The molecule has 0 saturated heterocycles. The first-order valence-electron chi connectivity index (χ1n) is 4.93. The maximum Gasteiger partial charge on any atom is 0.316 e. The van der Waals surface area contributed by atoms with Crippen molar-refractivity contribution in [3.05, 3.63) is 30.3 Å². The Morgan fingerprint density at radius 1 is 1.25 bits per heavy atom. The summed E-state index contributed by atoms with van der Waals surface area (Å²) in [5, 5.41) is 0. The molecule has 1 aromatic rings. The van der Waals surface area contributed by atoms with E-state index in [9.17, 15) is 9.59 Å². The number of ether oxygens (including phenoxy) is 2. The number of Topliss-reactive ketones (excluding diaryl/α,β-unsaturated/α-hetero) is 1. The zero-order chi connectivity index (χ0) is 12.0. The first-order chi connectivity index (χ1) is 7.65. The van der Waals surface area contributed by atoms with Gasteiger partial charge in [0, 0.05) is 0 Å². The smallest absolute Gasteiger partial charge is 0.316 e. The van der Waals surface area contributed by atoms with Gasteiger partial charge in [-0.3, -0.25) is 9.59 Å². The second-order valence-electron chi connectivity index (χ2n) is 3.31. The number of benzene rings is 1. The van der Waals surface area contributed by atoms with Gasteiger partial charge in [-0.1, -0.05) is 18.2 Å². The number of methoxy groups -OCH3 is 1. The van der Waals surface area contributed by atoms with E-state index in [2.05, 4.69) is 4.74 Å². The molecule has 0 aromatic heterocycles. The minimum Gasteiger partial charge on any atom is -0.486 e. The highest BCUT2D eigenvalue weighted by Crippen LogP contribution is 2.09. The monoisotopic (exact) mass is 222 g/mol. The van der Waals surface area contributed by atoms with Gasteiger partial charge in [-0.15, -0.1) is 0 Å². The van der Waals surface area contributed by atoms with E-state index in [0.717, 1.165) is 0 Å².